The van der Waals surface area contributed by atoms with Gasteiger partial charge in [-0.25, -0.2) is 4.79 Å². The molecule has 1 fully saturated rings. The molecule has 0 radical (unpaired) electrons. The zero-order valence-corrected chi connectivity index (χ0v) is 13.2. The van der Waals surface area contributed by atoms with Crippen LogP contribution in [0.1, 0.15) is 25.3 Å². The van der Waals surface area contributed by atoms with Crippen molar-refractivity contribution >= 4 is 6.09 Å². The quantitative estimate of drug-likeness (QED) is 0.821. The average Bonchev–Trinajstić information content (AvgIpc) is 3.00. The second-order valence-corrected chi connectivity index (χ2v) is 5.38. The molecule has 1 unspecified atom stereocenters. The summed E-state index contributed by atoms with van der Waals surface area (Å²) in [6, 6.07) is 9.80. The predicted molar refractivity (Wildman–Crippen MR) is 85.1 cm³/mol. The van der Waals surface area contributed by atoms with E-state index in [-0.39, 0.29) is 12.1 Å². The number of allylic oxidation sites excluding steroid dienone is 1. The lowest BCUT2D eigenvalue weighted by atomic mass is 10.2. The zero-order valence-electron chi connectivity index (χ0n) is 13.2. The van der Waals surface area contributed by atoms with Gasteiger partial charge in [-0.3, -0.25) is 0 Å². The Labute approximate surface area is 131 Å². The molecule has 0 aliphatic carbocycles. The number of carbonyl (C=O) groups is 1. The summed E-state index contributed by atoms with van der Waals surface area (Å²) in [6.07, 6.45) is 3.48. The van der Waals surface area contributed by atoms with Gasteiger partial charge in [0.1, 0.15) is 19.0 Å². The van der Waals surface area contributed by atoms with Crippen molar-refractivity contribution in [2.75, 3.05) is 20.2 Å². The van der Waals surface area contributed by atoms with Crippen molar-refractivity contribution in [3.05, 3.63) is 47.9 Å². The molecule has 0 bridgehead atoms. The highest BCUT2D eigenvalue weighted by atomic mass is 16.6. The van der Waals surface area contributed by atoms with Crippen LogP contribution in [0, 0.1) is 0 Å². The molecule has 0 aromatic heterocycles. The number of ether oxygens (including phenoxy) is 2. The maximum absolute atomic E-state index is 12.2. The third-order valence-electron chi connectivity index (χ3n) is 3.67. The fraction of sp³-hybridized carbons (Fsp3) is 0.471. The Morgan fingerprint density at radius 1 is 1.36 bits per heavy atom. The van der Waals surface area contributed by atoms with Crippen LogP contribution < -0.4 is 5.32 Å². The molecule has 0 saturated carbocycles. The standard InChI is InChI=1S/C17H24N2O3/c1-14(11-18-2)21-13-16-9-6-10-19(16)17(20)22-12-15-7-4-3-5-8-15/h3-5,7-8,11,16,18H,6,9-10,12-13H2,1-2H3/b14-11+. The fourth-order valence-corrected chi connectivity index (χ4v) is 2.52. The first kappa shape index (κ1) is 16.2. The molecule has 0 spiro atoms. The summed E-state index contributed by atoms with van der Waals surface area (Å²) >= 11 is 0. The van der Waals surface area contributed by atoms with Crippen LogP contribution in [-0.4, -0.2) is 37.2 Å². The number of carbonyl (C=O) groups excluding carboxylic acids is 1. The Morgan fingerprint density at radius 3 is 2.86 bits per heavy atom. The molecule has 2 rings (SSSR count). The Bertz CT molecular complexity index is 502. The first-order valence-electron chi connectivity index (χ1n) is 7.65. The van der Waals surface area contributed by atoms with Crippen molar-refractivity contribution in [3.63, 3.8) is 0 Å². The van der Waals surface area contributed by atoms with E-state index in [1.165, 1.54) is 0 Å². The van der Waals surface area contributed by atoms with E-state index in [4.69, 9.17) is 9.47 Å². The van der Waals surface area contributed by atoms with Crippen molar-refractivity contribution in [3.8, 4) is 0 Å². The first-order chi connectivity index (χ1) is 10.7. The zero-order chi connectivity index (χ0) is 15.8. The number of nitrogens with zero attached hydrogens (tertiary/aromatic N) is 1. The normalized spacial score (nSPS) is 18.2. The first-order valence-corrected chi connectivity index (χ1v) is 7.65. The minimum absolute atomic E-state index is 0.0866. The van der Waals surface area contributed by atoms with Crippen molar-refractivity contribution < 1.29 is 14.3 Å². The maximum atomic E-state index is 12.2. The summed E-state index contributed by atoms with van der Waals surface area (Å²) in [4.78, 5) is 14.0. The van der Waals surface area contributed by atoms with E-state index in [1.54, 1.807) is 11.1 Å². The second kappa shape index (κ2) is 8.32. The second-order valence-electron chi connectivity index (χ2n) is 5.38. The number of rotatable bonds is 6. The van der Waals surface area contributed by atoms with Crippen LogP contribution in [0.5, 0.6) is 0 Å². The number of benzene rings is 1. The molecule has 1 N–H and O–H groups in total. The molecular formula is C17H24N2O3. The highest BCUT2D eigenvalue weighted by Gasteiger charge is 2.30. The number of nitrogens with one attached hydrogen (secondary N) is 1. The van der Waals surface area contributed by atoms with Crippen LogP contribution in [0.4, 0.5) is 4.79 Å². The Balaban J connectivity index is 1.81. The van der Waals surface area contributed by atoms with Crippen LogP contribution in [0.3, 0.4) is 0 Å². The maximum Gasteiger partial charge on any atom is 0.410 e. The van der Waals surface area contributed by atoms with Gasteiger partial charge in [0.15, 0.2) is 0 Å². The van der Waals surface area contributed by atoms with E-state index >= 15 is 0 Å². The smallest absolute Gasteiger partial charge is 0.410 e. The monoisotopic (exact) mass is 304 g/mol. The van der Waals surface area contributed by atoms with Crippen LogP contribution in [0.15, 0.2) is 42.3 Å². The van der Waals surface area contributed by atoms with Crippen LogP contribution in [0.25, 0.3) is 0 Å². The van der Waals surface area contributed by atoms with Gasteiger partial charge in [0.2, 0.25) is 0 Å². The van der Waals surface area contributed by atoms with E-state index < -0.39 is 0 Å². The molecule has 5 heteroatoms. The van der Waals surface area contributed by atoms with Gasteiger partial charge in [0.25, 0.3) is 0 Å². The minimum atomic E-state index is -0.259. The number of hydrogen-bond donors (Lipinski definition) is 1. The third kappa shape index (κ3) is 4.69. The molecule has 1 aliphatic rings. The van der Waals surface area contributed by atoms with Gasteiger partial charge in [-0.1, -0.05) is 30.3 Å². The lowest BCUT2D eigenvalue weighted by Gasteiger charge is -2.24. The van der Waals surface area contributed by atoms with Gasteiger partial charge in [0, 0.05) is 19.8 Å². The van der Waals surface area contributed by atoms with Crippen molar-refractivity contribution in [2.45, 2.75) is 32.4 Å². The Hall–Kier alpha value is -2.17. The van der Waals surface area contributed by atoms with E-state index in [1.807, 2.05) is 44.3 Å². The third-order valence-corrected chi connectivity index (χ3v) is 3.67. The van der Waals surface area contributed by atoms with E-state index in [0.29, 0.717) is 13.2 Å². The molecule has 22 heavy (non-hydrogen) atoms. The SMILES string of the molecule is CN/C=C(\C)OCC1CCCN1C(=O)OCc1ccccc1. The van der Waals surface area contributed by atoms with Gasteiger partial charge in [-0.2, -0.15) is 0 Å². The summed E-state index contributed by atoms with van der Waals surface area (Å²) in [5.74, 6) is 0.812. The molecule has 1 aromatic carbocycles. The summed E-state index contributed by atoms with van der Waals surface area (Å²) in [5.41, 5.74) is 0.996. The van der Waals surface area contributed by atoms with Gasteiger partial charge in [-0.15, -0.1) is 0 Å². The summed E-state index contributed by atoms with van der Waals surface area (Å²) in [6.45, 7) is 3.44. The van der Waals surface area contributed by atoms with Crippen molar-refractivity contribution in [1.82, 2.24) is 10.2 Å². The molecule has 1 atom stereocenters. The van der Waals surface area contributed by atoms with Crippen LogP contribution in [-0.2, 0) is 16.1 Å². The van der Waals surface area contributed by atoms with Gasteiger partial charge in [-0.05, 0) is 25.3 Å². The number of amides is 1. The van der Waals surface area contributed by atoms with Crippen molar-refractivity contribution in [1.29, 1.82) is 0 Å². The molecule has 1 aliphatic heterocycles. The Kier molecular flexibility index (Phi) is 6.13. The summed E-state index contributed by atoms with van der Waals surface area (Å²) < 4.78 is 11.1. The van der Waals surface area contributed by atoms with Crippen LogP contribution in [0.2, 0.25) is 0 Å². The highest BCUT2D eigenvalue weighted by molar-refractivity contribution is 5.68. The lowest BCUT2D eigenvalue weighted by molar-refractivity contribution is 0.0726. The van der Waals surface area contributed by atoms with E-state index in [0.717, 1.165) is 30.7 Å². The highest BCUT2D eigenvalue weighted by Crippen LogP contribution is 2.20. The van der Waals surface area contributed by atoms with Gasteiger partial charge < -0.3 is 19.7 Å². The fourth-order valence-electron chi connectivity index (χ4n) is 2.52. The average molecular weight is 304 g/mol. The van der Waals surface area contributed by atoms with Gasteiger partial charge in [0.05, 0.1) is 6.04 Å². The molecule has 5 nitrogen and oxygen atoms in total. The predicted octanol–water partition coefficient (Wildman–Crippen LogP) is 2.88. The molecule has 1 amide bonds. The van der Waals surface area contributed by atoms with Crippen molar-refractivity contribution in [2.24, 2.45) is 0 Å². The summed E-state index contributed by atoms with van der Waals surface area (Å²) in [7, 11) is 1.83. The molecule has 1 heterocycles. The summed E-state index contributed by atoms with van der Waals surface area (Å²) in [5, 5.41) is 2.92. The minimum Gasteiger partial charge on any atom is -0.495 e. The number of hydrogen-bond acceptors (Lipinski definition) is 4. The topological polar surface area (TPSA) is 50.8 Å². The van der Waals surface area contributed by atoms with E-state index in [9.17, 15) is 4.79 Å². The number of likely N-dealkylation sites (tertiary alicyclic amines) is 1. The largest absolute Gasteiger partial charge is 0.495 e. The molecule has 120 valence electrons. The van der Waals surface area contributed by atoms with E-state index in [2.05, 4.69) is 5.32 Å². The molecule has 1 aromatic rings. The molecular weight excluding hydrogens is 280 g/mol. The van der Waals surface area contributed by atoms with Gasteiger partial charge >= 0.3 is 6.09 Å². The Morgan fingerprint density at radius 2 is 2.14 bits per heavy atom. The lowest BCUT2D eigenvalue weighted by Crippen LogP contribution is -2.38. The van der Waals surface area contributed by atoms with Crippen LogP contribution >= 0.6 is 0 Å². The molecule has 1 saturated heterocycles.